The van der Waals surface area contributed by atoms with Crippen LogP contribution in [0.25, 0.3) is 0 Å². The Bertz CT molecular complexity index is 3150. The van der Waals surface area contributed by atoms with Gasteiger partial charge in [-0.2, -0.15) is 0 Å². The number of carbonyl (C=O) groups is 12. The summed E-state index contributed by atoms with van der Waals surface area (Å²) in [4.78, 5) is 194. The van der Waals surface area contributed by atoms with Crippen molar-refractivity contribution in [2.24, 2.45) is 122 Å². The smallest absolute Gasteiger partial charge is 0.322 e. The SMILES string of the molecule is NCCCC[C@H](NC(=O)[C@H](CCCCN)NC(=O)[C@H](CCCN=C(N)N)NC(=O)[C@H](CCCN=C(N)N)NC(=O)[C@H](CCCCN)NC(=O)[C@H](CCCCN)NC(=O)[C@H](CCCN=C(N)N)NC(=O)[C@H](CCCN=C(N)N)NC(=O)[C@H](CCCN=C(N)N)NC(=O)[C@@H]1CCCN1)C(=O)N[C@@H](CCCN=C(N)N)C(=O)NCC(=O)O. The zero-order chi connectivity index (χ0) is 85.3. The number of carbonyl (C=O) groups excluding carboxylic acids is 11. The number of unbranched alkanes of at least 4 members (excludes halogenated alkanes) is 4. The lowest BCUT2D eigenvalue weighted by Crippen LogP contribution is -2.60. The lowest BCUT2D eigenvalue weighted by molar-refractivity contribution is -0.138. The molecule has 0 aromatic heterocycles. The van der Waals surface area contributed by atoms with Gasteiger partial charge in [-0.1, -0.05) is 0 Å². The maximum Gasteiger partial charge on any atom is 0.322 e. The summed E-state index contributed by atoms with van der Waals surface area (Å²) in [7, 11) is 0. The lowest BCUT2D eigenvalue weighted by atomic mass is 10.0. The van der Waals surface area contributed by atoms with Crippen LogP contribution in [-0.2, 0) is 57.5 Å². The first-order valence-corrected chi connectivity index (χ1v) is 38.7. The van der Waals surface area contributed by atoms with Crippen molar-refractivity contribution in [2.45, 2.75) is 233 Å². The molecule has 11 atom stereocenters. The molecule has 45 N–H and O–H groups in total. The third kappa shape index (κ3) is 46.8. The number of nitrogens with two attached hydrogens (primary N) is 16. The van der Waals surface area contributed by atoms with E-state index in [0.717, 1.165) is 6.42 Å². The molecule has 0 unspecified atom stereocenters. The van der Waals surface area contributed by atoms with Crippen LogP contribution < -0.4 is 156 Å². The van der Waals surface area contributed by atoms with Gasteiger partial charge in [-0.25, -0.2) is 0 Å². The Kier molecular flexibility index (Phi) is 53.0. The van der Waals surface area contributed by atoms with Crippen LogP contribution in [0.1, 0.15) is 167 Å². The highest BCUT2D eigenvalue weighted by atomic mass is 16.4. The second-order valence-electron chi connectivity index (χ2n) is 27.2. The number of nitrogens with one attached hydrogen (secondary N) is 12. The molecule has 1 fully saturated rings. The number of guanidine groups is 6. The molecule has 0 bridgehead atoms. The van der Waals surface area contributed by atoms with Crippen LogP contribution in [-0.4, -0.2) is 257 Å². The summed E-state index contributed by atoms with van der Waals surface area (Å²) in [5, 5.41) is 41.7. The topological polar surface area (TPSA) is 860 Å². The molecular weight excluding hydrogens is 1490 g/mol. The monoisotopic (exact) mass is 1620 g/mol. The second-order valence-corrected chi connectivity index (χ2v) is 27.2. The van der Waals surface area contributed by atoms with E-state index in [4.69, 9.17) is 91.7 Å². The first kappa shape index (κ1) is 101. The van der Waals surface area contributed by atoms with E-state index in [1.165, 1.54) is 0 Å². The lowest BCUT2D eigenvalue weighted by Gasteiger charge is -2.29. The summed E-state index contributed by atoms with van der Waals surface area (Å²) < 4.78 is 0. The second kappa shape index (κ2) is 59.8. The molecule has 0 radical (unpaired) electrons. The molecule has 1 aliphatic rings. The number of rotatable bonds is 63. The van der Waals surface area contributed by atoms with Gasteiger partial charge >= 0.3 is 5.97 Å². The van der Waals surface area contributed by atoms with E-state index < -0.39 is 144 Å². The van der Waals surface area contributed by atoms with E-state index in [9.17, 15) is 62.6 Å². The third-order valence-corrected chi connectivity index (χ3v) is 17.6. The average Bonchev–Trinajstić information content (AvgIpc) is 0.989. The molecular formula is C67H132N34O13. The Labute approximate surface area is 664 Å². The molecule has 0 spiro atoms. The Morgan fingerprint density at radius 3 is 0.658 bits per heavy atom. The Morgan fingerprint density at radius 1 is 0.289 bits per heavy atom. The highest BCUT2D eigenvalue weighted by molar-refractivity contribution is 5.99. The van der Waals surface area contributed by atoms with Crippen LogP contribution in [0.4, 0.5) is 0 Å². The molecule has 11 amide bonds. The number of hydrogen-bond acceptors (Lipinski definition) is 23. The molecule has 1 saturated heterocycles. The third-order valence-electron chi connectivity index (χ3n) is 17.6. The summed E-state index contributed by atoms with van der Waals surface area (Å²) in [5.74, 6) is -12.0. The predicted molar refractivity (Wildman–Crippen MR) is 432 cm³/mol. The van der Waals surface area contributed by atoms with Gasteiger partial charge in [-0.3, -0.25) is 87.5 Å². The first-order chi connectivity index (χ1) is 54.3. The molecule has 0 saturated carbocycles. The van der Waals surface area contributed by atoms with E-state index in [1.54, 1.807) is 0 Å². The van der Waals surface area contributed by atoms with Gasteiger partial charge in [0.15, 0.2) is 35.8 Å². The first-order valence-electron chi connectivity index (χ1n) is 38.7. The van der Waals surface area contributed by atoms with Crippen LogP contribution >= 0.6 is 0 Å². The molecule has 0 aromatic rings. The number of hydrogen-bond donors (Lipinski definition) is 29. The summed E-state index contributed by atoms with van der Waals surface area (Å²) in [5.41, 5.74) is 90.5. The molecule has 1 rings (SSSR count). The Hall–Kier alpha value is -10.9. The summed E-state index contributed by atoms with van der Waals surface area (Å²) in [6.07, 6.45) is 3.60. The van der Waals surface area contributed by atoms with Crippen LogP contribution in [0, 0.1) is 0 Å². The van der Waals surface area contributed by atoms with Gasteiger partial charge in [0.05, 0.1) is 6.04 Å². The van der Waals surface area contributed by atoms with Crippen LogP contribution in [0.2, 0.25) is 0 Å². The largest absolute Gasteiger partial charge is 0.480 e. The maximum atomic E-state index is 14.9. The average molecular weight is 1620 g/mol. The highest BCUT2D eigenvalue weighted by Crippen LogP contribution is 2.15. The fourth-order valence-electron chi connectivity index (χ4n) is 11.6. The Balaban J connectivity index is 3.98. The zero-order valence-electron chi connectivity index (χ0n) is 65.5. The minimum atomic E-state index is -1.52. The van der Waals surface area contributed by atoms with Crippen LogP contribution in [0.3, 0.4) is 0 Å². The van der Waals surface area contributed by atoms with Crippen molar-refractivity contribution in [1.29, 1.82) is 0 Å². The van der Waals surface area contributed by atoms with Crippen LogP contribution in [0.15, 0.2) is 30.0 Å². The summed E-state index contributed by atoms with van der Waals surface area (Å²) in [6.45, 7) is 0.580. The molecule has 1 heterocycles. The van der Waals surface area contributed by atoms with Crippen molar-refractivity contribution in [1.82, 2.24) is 63.8 Å². The normalized spacial score (nSPS) is 14.8. The van der Waals surface area contributed by atoms with Gasteiger partial charge < -0.3 is 161 Å². The highest BCUT2D eigenvalue weighted by Gasteiger charge is 2.37. The molecule has 47 nitrogen and oxygen atoms in total. The molecule has 1 aliphatic heterocycles. The van der Waals surface area contributed by atoms with Crippen molar-refractivity contribution in [3.8, 4) is 0 Å². The fraction of sp³-hybridized carbons (Fsp3) is 0.731. The van der Waals surface area contributed by atoms with E-state index in [1.807, 2.05) is 0 Å². The molecule has 0 aromatic carbocycles. The predicted octanol–water partition coefficient (Wildman–Crippen LogP) is -11.4. The minimum Gasteiger partial charge on any atom is -0.480 e. The van der Waals surface area contributed by atoms with Gasteiger partial charge in [-0.15, -0.1) is 0 Å². The number of aliphatic carboxylic acids is 1. The number of nitrogens with zero attached hydrogens (tertiary/aromatic N) is 6. The van der Waals surface area contributed by atoms with E-state index in [2.05, 4.69) is 93.8 Å². The number of aliphatic imine (C=N–C) groups is 6. The van der Waals surface area contributed by atoms with Gasteiger partial charge in [-0.05, 0) is 200 Å². The van der Waals surface area contributed by atoms with Gasteiger partial charge in [0.2, 0.25) is 65.0 Å². The van der Waals surface area contributed by atoms with E-state index in [-0.39, 0.29) is 223 Å². The van der Waals surface area contributed by atoms with Gasteiger partial charge in [0.25, 0.3) is 0 Å². The number of carboxylic acids is 1. The zero-order valence-corrected chi connectivity index (χ0v) is 65.5. The molecule has 47 heteroatoms. The summed E-state index contributed by atoms with van der Waals surface area (Å²) >= 11 is 0. The van der Waals surface area contributed by atoms with Gasteiger partial charge in [0, 0.05) is 39.3 Å². The van der Waals surface area contributed by atoms with Crippen molar-refractivity contribution in [3.05, 3.63) is 0 Å². The van der Waals surface area contributed by atoms with Crippen molar-refractivity contribution in [2.75, 3.05) is 78.5 Å². The molecule has 0 aliphatic carbocycles. The van der Waals surface area contributed by atoms with E-state index in [0.29, 0.717) is 45.1 Å². The minimum absolute atomic E-state index is 0.0158. The summed E-state index contributed by atoms with van der Waals surface area (Å²) in [6, 6.07) is -14.6. The Morgan fingerprint density at radius 2 is 0.482 bits per heavy atom. The van der Waals surface area contributed by atoms with Gasteiger partial charge in [0.1, 0.15) is 67.0 Å². The fourth-order valence-corrected chi connectivity index (χ4v) is 11.6. The number of amides is 11. The number of carboxylic acid groups (broad SMARTS) is 1. The van der Waals surface area contributed by atoms with Crippen molar-refractivity contribution in [3.63, 3.8) is 0 Å². The van der Waals surface area contributed by atoms with Crippen LogP contribution in [0.5, 0.6) is 0 Å². The quantitative estimate of drug-likeness (QED) is 0.0153. The standard InChI is InChI=1S/C67H132N34O13/c68-27-5-1-16-41(53(106)92-40(21-10-32-85-62(72)73)51(104)91-38-50(102)103)94-54(107)42(17-2-6-28-69)96-58(111)46(23-12-34-87-64(76)77)100-60(113)48(25-14-36-89-66(80)81)98-56(109)44(19-4-8-30-71)95-55(108)43(18-3-7-29-70)97-59(112)47(24-13-35-88-65(78)79)101-61(114)49(26-15-37-90-67(82)83)99-57(110)45(22-11-33-86-63(74)75)93-52(105)39-20-9-31-84-39/h39-49,84H,1-38,68-71H2,(H,91,104)(H,92,106)(H,93,105)(H,94,107)(H,95,108)(H,96,111)(H,97,112)(H,98,109)(H,99,110)(H,100,113)(H,101,114)(H,102,103)(H4,72,73,85)(H4,74,75,86)(H4,76,77,87)(H4,78,79,88)(H4,80,81,89)(H4,82,83,90)/t39-,40-,41-,42-,43-,44-,45-,46-,47-,48-,49-/m0/s1. The molecule has 648 valence electrons. The molecule has 114 heavy (non-hydrogen) atoms. The van der Waals surface area contributed by atoms with Crippen molar-refractivity contribution >= 4 is 107 Å². The maximum absolute atomic E-state index is 14.9. The van der Waals surface area contributed by atoms with E-state index >= 15 is 0 Å². The van der Waals surface area contributed by atoms with Crippen molar-refractivity contribution < 1.29 is 62.6 Å².